The van der Waals surface area contributed by atoms with Gasteiger partial charge in [-0.15, -0.1) is 0 Å². The Morgan fingerprint density at radius 1 is 1.09 bits per heavy atom. The van der Waals surface area contributed by atoms with Gasteiger partial charge in [0.05, 0.1) is 12.7 Å². The predicted octanol–water partition coefficient (Wildman–Crippen LogP) is 5.29. The molecule has 2 aliphatic rings. The van der Waals surface area contributed by atoms with Crippen LogP contribution in [0.25, 0.3) is 10.8 Å². The van der Waals surface area contributed by atoms with Crippen LogP contribution in [0.4, 0.5) is 0 Å². The third kappa shape index (κ3) is 5.22. The molecule has 1 fully saturated rings. The summed E-state index contributed by atoms with van der Waals surface area (Å²) in [5.41, 5.74) is 1.38. The lowest BCUT2D eigenvalue weighted by Crippen LogP contribution is -2.39. The lowest BCUT2D eigenvalue weighted by molar-refractivity contribution is -0.137. The summed E-state index contributed by atoms with van der Waals surface area (Å²) in [6.07, 6.45) is 9.50. The van der Waals surface area contributed by atoms with E-state index in [-0.39, 0.29) is 12.0 Å². The molecule has 1 saturated carbocycles. The molecular weight excluding hydrogens is 418 g/mol. The Bertz CT molecular complexity index is 1010. The molecule has 1 heterocycles. The maximum absolute atomic E-state index is 13.2. The van der Waals surface area contributed by atoms with Crippen molar-refractivity contribution >= 4 is 22.6 Å². The molecule has 6 heteroatoms. The van der Waals surface area contributed by atoms with E-state index in [9.17, 15) is 14.7 Å². The molecule has 2 aromatic rings. The van der Waals surface area contributed by atoms with Gasteiger partial charge in [0.25, 0.3) is 5.91 Å². The summed E-state index contributed by atoms with van der Waals surface area (Å²) in [4.78, 5) is 25.9. The number of rotatable bonds is 10. The number of aliphatic hydroxyl groups excluding tert-OH is 1. The highest BCUT2D eigenvalue weighted by molar-refractivity contribution is 6.11. The lowest BCUT2D eigenvalue weighted by atomic mass is 9.92. The average molecular weight is 452 g/mol. The van der Waals surface area contributed by atoms with Crippen molar-refractivity contribution in [3.63, 3.8) is 0 Å². The molecule has 4 rings (SSSR count). The van der Waals surface area contributed by atoms with E-state index in [4.69, 9.17) is 9.47 Å². The van der Waals surface area contributed by atoms with Crippen molar-refractivity contribution in [3.05, 3.63) is 54.1 Å². The summed E-state index contributed by atoms with van der Waals surface area (Å²) in [5.74, 6) is 0.251. The second kappa shape index (κ2) is 10.8. The van der Waals surface area contributed by atoms with E-state index in [0.29, 0.717) is 18.7 Å². The second-order valence-electron chi connectivity index (χ2n) is 8.92. The zero-order chi connectivity index (χ0) is 23.2. The fourth-order valence-corrected chi connectivity index (χ4v) is 4.89. The van der Waals surface area contributed by atoms with E-state index in [2.05, 4.69) is 6.58 Å². The summed E-state index contributed by atoms with van der Waals surface area (Å²) in [6.45, 7) is 4.22. The van der Waals surface area contributed by atoms with Gasteiger partial charge >= 0.3 is 5.97 Å². The van der Waals surface area contributed by atoms with E-state index < -0.39 is 12.2 Å². The molecule has 0 radical (unpaired) electrons. The van der Waals surface area contributed by atoms with Gasteiger partial charge in [0, 0.05) is 34.5 Å². The van der Waals surface area contributed by atoms with E-state index in [0.717, 1.165) is 66.7 Å². The highest BCUT2D eigenvalue weighted by Crippen LogP contribution is 2.40. The van der Waals surface area contributed by atoms with Gasteiger partial charge in [-0.25, -0.2) is 4.79 Å². The number of carbonyl (C=O) groups excluding carboxylic acids is 2. The SMILES string of the molecule is C=CC(=O)OCCCCCCN1C(=O)c2cccc3c(OC4CCCCC4)ccc(c23)C1O. The normalized spacial score (nSPS) is 18.4. The van der Waals surface area contributed by atoms with Crippen molar-refractivity contribution in [2.75, 3.05) is 13.2 Å². The van der Waals surface area contributed by atoms with Gasteiger partial charge in [-0.05, 0) is 57.1 Å². The minimum absolute atomic E-state index is 0.143. The van der Waals surface area contributed by atoms with Crippen LogP contribution in [0, 0.1) is 0 Å². The zero-order valence-corrected chi connectivity index (χ0v) is 19.1. The van der Waals surface area contributed by atoms with Crippen LogP contribution in [-0.2, 0) is 9.53 Å². The second-order valence-corrected chi connectivity index (χ2v) is 8.92. The fraction of sp³-hybridized carbons (Fsp3) is 0.481. The average Bonchev–Trinajstić information content (AvgIpc) is 2.84. The zero-order valence-electron chi connectivity index (χ0n) is 19.1. The number of aliphatic hydroxyl groups is 1. The quantitative estimate of drug-likeness (QED) is 0.302. The van der Waals surface area contributed by atoms with E-state index in [1.807, 2.05) is 30.3 Å². The molecule has 6 nitrogen and oxygen atoms in total. The van der Waals surface area contributed by atoms with Crippen LogP contribution in [0.3, 0.4) is 0 Å². The van der Waals surface area contributed by atoms with Crippen LogP contribution < -0.4 is 4.74 Å². The monoisotopic (exact) mass is 451 g/mol. The molecule has 1 aliphatic heterocycles. The minimum Gasteiger partial charge on any atom is -0.490 e. The summed E-state index contributed by atoms with van der Waals surface area (Å²) < 4.78 is 11.3. The van der Waals surface area contributed by atoms with Crippen LogP contribution in [0.1, 0.15) is 79.9 Å². The van der Waals surface area contributed by atoms with Gasteiger partial charge in [-0.3, -0.25) is 4.79 Å². The first-order chi connectivity index (χ1) is 16.1. The summed E-state index contributed by atoms with van der Waals surface area (Å²) in [6, 6.07) is 9.56. The predicted molar refractivity (Wildman–Crippen MR) is 127 cm³/mol. The van der Waals surface area contributed by atoms with Crippen molar-refractivity contribution in [1.82, 2.24) is 4.90 Å². The number of benzene rings is 2. The van der Waals surface area contributed by atoms with Crippen molar-refractivity contribution in [2.45, 2.75) is 70.1 Å². The molecule has 176 valence electrons. The van der Waals surface area contributed by atoms with Gasteiger partial charge in [0.1, 0.15) is 5.75 Å². The Hall–Kier alpha value is -2.86. The van der Waals surface area contributed by atoms with Gasteiger partial charge in [0.2, 0.25) is 0 Å². The number of nitrogens with zero attached hydrogens (tertiary/aromatic N) is 1. The maximum atomic E-state index is 13.2. The van der Waals surface area contributed by atoms with Crippen molar-refractivity contribution in [1.29, 1.82) is 0 Å². The Balaban J connectivity index is 1.41. The molecule has 1 unspecified atom stereocenters. The highest BCUT2D eigenvalue weighted by Gasteiger charge is 2.33. The molecule has 1 N–H and O–H groups in total. The minimum atomic E-state index is -0.966. The molecular formula is C27H33NO5. The first-order valence-electron chi connectivity index (χ1n) is 12.1. The standard InChI is InChI=1S/C27H33NO5/c1-2-24(29)32-18-9-4-3-8-17-28-26(30)21-14-10-13-20-23(33-19-11-6-5-7-12-19)16-15-22(25(20)21)27(28)31/h2,10,13-16,19,27,31H,1,3-9,11-12,17-18H2. The van der Waals surface area contributed by atoms with Gasteiger partial charge in [-0.2, -0.15) is 0 Å². The topological polar surface area (TPSA) is 76.1 Å². The highest BCUT2D eigenvalue weighted by atomic mass is 16.5. The van der Waals surface area contributed by atoms with E-state index in [1.165, 1.54) is 19.3 Å². The van der Waals surface area contributed by atoms with Crippen LogP contribution in [0.15, 0.2) is 43.0 Å². The molecule has 1 amide bonds. The summed E-state index contributed by atoms with van der Waals surface area (Å²) in [7, 11) is 0. The Morgan fingerprint density at radius 2 is 1.88 bits per heavy atom. The van der Waals surface area contributed by atoms with Gasteiger partial charge in [0.15, 0.2) is 6.23 Å². The Labute approximate surface area is 195 Å². The number of unbranched alkanes of at least 4 members (excludes halogenated alkanes) is 3. The smallest absolute Gasteiger partial charge is 0.330 e. The van der Waals surface area contributed by atoms with Gasteiger partial charge < -0.3 is 19.5 Å². The summed E-state index contributed by atoms with van der Waals surface area (Å²) >= 11 is 0. The van der Waals surface area contributed by atoms with Crippen LogP contribution in [0.5, 0.6) is 5.75 Å². The lowest BCUT2D eigenvalue weighted by Gasteiger charge is -2.34. The molecule has 33 heavy (non-hydrogen) atoms. The van der Waals surface area contributed by atoms with E-state index >= 15 is 0 Å². The number of hydrogen-bond donors (Lipinski definition) is 1. The third-order valence-corrected chi connectivity index (χ3v) is 6.65. The number of esters is 1. The molecule has 0 saturated heterocycles. The molecule has 0 aromatic heterocycles. The van der Waals surface area contributed by atoms with Crippen LogP contribution in [0.2, 0.25) is 0 Å². The number of amides is 1. The fourth-order valence-electron chi connectivity index (χ4n) is 4.89. The van der Waals surface area contributed by atoms with Crippen LogP contribution >= 0.6 is 0 Å². The first kappa shape index (κ1) is 23.3. The molecule has 1 atom stereocenters. The number of ether oxygens (including phenoxy) is 2. The number of hydrogen-bond acceptors (Lipinski definition) is 5. The van der Waals surface area contributed by atoms with Crippen molar-refractivity contribution in [3.8, 4) is 5.75 Å². The number of carbonyl (C=O) groups is 2. The maximum Gasteiger partial charge on any atom is 0.330 e. The largest absolute Gasteiger partial charge is 0.490 e. The van der Waals surface area contributed by atoms with Crippen molar-refractivity contribution < 1.29 is 24.2 Å². The van der Waals surface area contributed by atoms with Gasteiger partial charge in [-0.1, -0.05) is 37.6 Å². The summed E-state index contributed by atoms with van der Waals surface area (Å²) in [5, 5.41) is 12.7. The molecule has 1 aliphatic carbocycles. The third-order valence-electron chi connectivity index (χ3n) is 6.65. The van der Waals surface area contributed by atoms with E-state index in [1.54, 1.807) is 4.90 Å². The van der Waals surface area contributed by atoms with Crippen molar-refractivity contribution in [2.24, 2.45) is 0 Å². The Kier molecular flexibility index (Phi) is 7.65. The molecule has 0 bridgehead atoms. The molecule has 0 spiro atoms. The Morgan fingerprint density at radius 3 is 2.67 bits per heavy atom. The van der Waals surface area contributed by atoms with Crippen LogP contribution in [-0.4, -0.2) is 41.1 Å². The molecule has 2 aromatic carbocycles. The first-order valence-corrected chi connectivity index (χ1v) is 12.1.